The number of aryl methyl sites for hydroxylation is 2. The molecule has 13 heavy (non-hydrogen) atoms. The molecule has 3 heteroatoms. The van der Waals surface area contributed by atoms with E-state index < -0.39 is 6.10 Å². The van der Waals surface area contributed by atoms with E-state index in [1.54, 1.807) is 0 Å². The first-order valence-corrected chi connectivity index (χ1v) is 4.22. The highest BCUT2D eigenvalue weighted by Crippen LogP contribution is 2.18. The molecule has 1 atom stereocenters. The second kappa shape index (κ2) is 4.37. The predicted octanol–water partition coefficient (Wildman–Crippen LogP) is 1.23. The van der Waals surface area contributed by atoms with Crippen molar-refractivity contribution in [3.8, 4) is 0 Å². The van der Waals surface area contributed by atoms with Crippen LogP contribution in [0.1, 0.15) is 22.8 Å². The lowest BCUT2D eigenvalue weighted by Gasteiger charge is -2.12. The van der Waals surface area contributed by atoms with Crippen LogP contribution < -0.4 is 5.90 Å². The van der Waals surface area contributed by atoms with Crippen LogP contribution in [0.2, 0.25) is 0 Å². The van der Waals surface area contributed by atoms with Crippen molar-refractivity contribution in [1.82, 2.24) is 0 Å². The Morgan fingerprint density at radius 1 is 1.46 bits per heavy atom. The monoisotopic (exact) mass is 181 g/mol. The molecule has 0 radical (unpaired) electrons. The molecule has 72 valence electrons. The largest absolute Gasteiger partial charge is 0.386 e. The van der Waals surface area contributed by atoms with E-state index in [9.17, 15) is 5.11 Å². The average Bonchev–Trinajstić information content (AvgIpc) is 2.09. The summed E-state index contributed by atoms with van der Waals surface area (Å²) < 4.78 is 0. The van der Waals surface area contributed by atoms with Gasteiger partial charge in [-0.25, -0.2) is 5.90 Å². The lowest BCUT2D eigenvalue weighted by Crippen LogP contribution is -2.11. The third kappa shape index (κ3) is 2.52. The standard InChI is InChI=1S/C10H15NO2/c1-7-3-4-8(2)9(5-7)10(12)6-13-11/h3-5,10,12H,6,11H2,1-2H3. The lowest BCUT2D eigenvalue weighted by atomic mass is 10.0. The van der Waals surface area contributed by atoms with Gasteiger partial charge >= 0.3 is 0 Å². The molecule has 0 aliphatic carbocycles. The van der Waals surface area contributed by atoms with Crippen LogP contribution in [0.25, 0.3) is 0 Å². The molecule has 0 heterocycles. The molecule has 3 N–H and O–H groups in total. The molecule has 1 aromatic carbocycles. The SMILES string of the molecule is Cc1ccc(C)c(C(O)CON)c1. The van der Waals surface area contributed by atoms with Gasteiger partial charge in [0.25, 0.3) is 0 Å². The van der Waals surface area contributed by atoms with Gasteiger partial charge in [-0.15, -0.1) is 0 Å². The Labute approximate surface area is 78.1 Å². The Kier molecular flexibility index (Phi) is 3.42. The number of hydrogen-bond donors (Lipinski definition) is 2. The Hall–Kier alpha value is -0.900. The van der Waals surface area contributed by atoms with E-state index in [0.717, 1.165) is 16.7 Å². The molecule has 1 unspecified atom stereocenters. The molecule has 0 aromatic heterocycles. The van der Waals surface area contributed by atoms with Crippen LogP contribution in [-0.2, 0) is 4.84 Å². The minimum Gasteiger partial charge on any atom is -0.386 e. The zero-order chi connectivity index (χ0) is 9.84. The molecule has 3 nitrogen and oxygen atoms in total. The van der Waals surface area contributed by atoms with Crippen molar-refractivity contribution in [2.24, 2.45) is 5.90 Å². The van der Waals surface area contributed by atoms with Crippen LogP contribution in [0.5, 0.6) is 0 Å². The number of aliphatic hydroxyl groups excluding tert-OH is 1. The molecule has 1 aromatic rings. The van der Waals surface area contributed by atoms with Crippen LogP contribution >= 0.6 is 0 Å². The van der Waals surface area contributed by atoms with Crippen molar-refractivity contribution >= 4 is 0 Å². The molecule has 0 bridgehead atoms. The number of rotatable bonds is 3. The number of nitrogens with two attached hydrogens (primary N) is 1. The van der Waals surface area contributed by atoms with Gasteiger partial charge < -0.3 is 9.94 Å². The summed E-state index contributed by atoms with van der Waals surface area (Å²) in [5.74, 6) is 4.89. The first-order chi connectivity index (χ1) is 6.15. The first-order valence-electron chi connectivity index (χ1n) is 4.22. The van der Waals surface area contributed by atoms with Crippen LogP contribution in [0, 0.1) is 13.8 Å². The van der Waals surface area contributed by atoms with Crippen molar-refractivity contribution < 1.29 is 9.94 Å². The van der Waals surface area contributed by atoms with Gasteiger partial charge in [0.2, 0.25) is 0 Å². The van der Waals surface area contributed by atoms with Gasteiger partial charge in [-0.1, -0.05) is 23.8 Å². The maximum atomic E-state index is 9.62. The maximum Gasteiger partial charge on any atom is 0.105 e. The molecule has 0 aliphatic heterocycles. The van der Waals surface area contributed by atoms with E-state index in [1.807, 2.05) is 32.0 Å². The van der Waals surface area contributed by atoms with Gasteiger partial charge in [-0.05, 0) is 25.0 Å². The van der Waals surface area contributed by atoms with Crippen LogP contribution in [0.15, 0.2) is 18.2 Å². The summed E-state index contributed by atoms with van der Waals surface area (Å²) in [5.41, 5.74) is 3.05. The van der Waals surface area contributed by atoms with E-state index in [4.69, 9.17) is 5.90 Å². The van der Waals surface area contributed by atoms with Gasteiger partial charge in [0, 0.05) is 0 Å². The van der Waals surface area contributed by atoms with Gasteiger partial charge in [-0.3, -0.25) is 0 Å². The third-order valence-corrected chi connectivity index (χ3v) is 2.05. The smallest absolute Gasteiger partial charge is 0.105 e. The summed E-state index contributed by atoms with van der Waals surface area (Å²) >= 11 is 0. The third-order valence-electron chi connectivity index (χ3n) is 2.05. The van der Waals surface area contributed by atoms with Gasteiger partial charge in [0.05, 0.1) is 6.61 Å². The molecule has 0 amide bonds. The van der Waals surface area contributed by atoms with E-state index in [-0.39, 0.29) is 6.61 Å². The second-order valence-corrected chi connectivity index (χ2v) is 3.21. The Bertz CT molecular complexity index is 286. The molecule has 0 saturated heterocycles. The normalized spacial score (nSPS) is 12.9. The fourth-order valence-corrected chi connectivity index (χ4v) is 1.30. The fraction of sp³-hybridized carbons (Fsp3) is 0.400. The van der Waals surface area contributed by atoms with Gasteiger partial charge in [0.15, 0.2) is 0 Å². The highest BCUT2D eigenvalue weighted by molar-refractivity contribution is 5.32. The summed E-state index contributed by atoms with van der Waals surface area (Å²) in [6.45, 7) is 4.07. The minimum absolute atomic E-state index is 0.129. The van der Waals surface area contributed by atoms with Crippen molar-refractivity contribution in [2.45, 2.75) is 20.0 Å². The van der Waals surface area contributed by atoms with E-state index in [0.29, 0.717) is 0 Å². The van der Waals surface area contributed by atoms with Crippen molar-refractivity contribution in [3.63, 3.8) is 0 Å². The zero-order valence-electron chi connectivity index (χ0n) is 7.95. The highest BCUT2D eigenvalue weighted by atomic mass is 16.6. The Balaban J connectivity index is 2.91. The maximum absolute atomic E-state index is 9.62. The fourth-order valence-electron chi connectivity index (χ4n) is 1.30. The summed E-state index contributed by atoms with van der Waals surface area (Å²) in [5, 5.41) is 9.62. The first kappa shape index (κ1) is 10.2. The van der Waals surface area contributed by atoms with Gasteiger partial charge in [-0.2, -0.15) is 0 Å². The highest BCUT2D eigenvalue weighted by Gasteiger charge is 2.09. The predicted molar refractivity (Wildman–Crippen MR) is 51.0 cm³/mol. The van der Waals surface area contributed by atoms with E-state index in [1.165, 1.54) is 0 Å². The van der Waals surface area contributed by atoms with Crippen molar-refractivity contribution in [3.05, 3.63) is 34.9 Å². The van der Waals surface area contributed by atoms with E-state index >= 15 is 0 Å². The van der Waals surface area contributed by atoms with Crippen molar-refractivity contribution in [1.29, 1.82) is 0 Å². The summed E-state index contributed by atoms with van der Waals surface area (Å²) in [6.07, 6.45) is -0.634. The van der Waals surface area contributed by atoms with Crippen molar-refractivity contribution in [2.75, 3.05) is 6.61 Å². The molecular weight excluding hydrogens is 166 g/mol. The molecule has 0 saturated carbocycles. The van der Waals surface area contributed by atoms with E-state index in [2.05, 4.69) is 4.84 Å². The summed E-state index contributed by atoms with van der Waals surface area (Å²) in [6, 6.07) is 5.93. The number of aliphatic hydroxyl groups is 1. The topological polar surface area (TPSA) is 55.5 Å². The minimum atomic E-state index is -0.634. The Morgan fingerprint density at radius 2 is 2.15 bits per heavy atom. The average molecular weight is 181 g/mol. The number of benzene rings is 1. The van der Waals surface area contributed by atoms with Crippen LogP contribution in [0.4, 0.5) is 0 Å². The summed E-state index contributed by atoms with van der Waals surface area (Å²) in [7, 11) is 0. The van der Waals surface area contributed by atoms with Crippen LogP contribution in [-0.4, -0.2) is 11.7 Å². The van der Waals surface area contributed by atoms with Crippen LogP contribution in [0.3, 0.4) is 0 Å². The second-order valence-electron chi connectivity index (χ2n) is 3.21. The van der Waals surface area contributed by atoms with Gasteiger partial charge in [0.1, 0.15) is 6.10 Å². The lowest BCUT2D eigenvalue weighted by molar-refractivity contribution is 0.0356. The quantitative estimate of drug-likeness (QED) is 0.689. The molecule has 0 aliphatic rings. The molecular formula is C10H15NO2. The molecule has 1 rings (SSSR count). The Morgan fingerprint density at radius 3 is 2.77 bits per heavy atom. The number of hydrogen-bond acceptors (Lipinski definition) is 3. The zero-order valence-corrected chi connectivity index (χ0v) is 7.95. The molecule has 0 fully saturated rings. The molecule has 0 spiro atoms. The summed E-state index contributed by atoms with van der Waals surface area (Å²) in [4.78, 5) is 4.40.